The lowest BCUT2D eigenvalue weighted by atomic mass is 10.1. The number of anilines is 1. The van der Waals surface area contributed by atoms with Crippen molar-refractivity contribution in [3.05, 3.63) is 28.8 Å². The molecule has 2 nitrogen and oxygen atoms in total. The molecule has 17 heavy (non-hydrogen) atoms. The van der Waals surface area contributed by atoms with Crippen LogP contribution in [0.4, 0.5) is 5.69 Å². The standard InChI is InChI=1S/C13H18ClNOS/c1-10(16)11-3-4-13(12(14)9-11)15-5-2-7-17-8-6-15/h3-4,9-10,16H,2,5-8H2,1H3/t10-/m1/s1. The van der Waals surface area contributed by atoms with Gasteiger partial charge in [0.1, 0.15) is 0 Å². The third kappa shape index (κ3) is 3.30. The largest absolute Gasteiger partial charge is 0.389 e. The molecule has 0 amide bonds. The van der Waals surface area contributed by atoms with Gasteiger partial charge < -0.3 is 10.0 Å². The van der Waals surface area contributed by atoms with Gasteiger partial charge in [0.05, 0.1) is 16.8 Å². The molecular weight excluding hydrogens is 254 g/mol. The normalized spacial score (nSPS) is 18.9. The van der Waals surface area contributed by atoms with Crippen LogP contribution in [-0.2, 0) is 0 Å². The average molecular weight is 272 g/mol. The fourth-order valence-electron chi connectivity index (χ4n) is 2.03. The predicted molar refractivity (Wildman–Crippen MR) is 76.2 cm³/mol. The summed E-state index contributed by atoms with van der Waals surface area (Å²) in [5.41, 5.74) is 1.97. The SMILES string of the molecule is C[C@@H](O)c1ccc(N2CCCSCC2)c(Cl)c1. The first-order valence-corrected chi connectivity index (χ1v) is 7.52. The Balaban J connectivity index is 2.19. The summed E-state index contributed by atoms with van der Waals surface area (Å²) < 4.78 is 0. The van der Waals surface area contributed by atoms with Crippen LogP contribution in [0.25, 0.3) is 0 Å². The van der Waals surface area contributed by atoms with Crippen molar-refractivity contribution in [2.75, 3.05) is 29.5 Å². The fourth-order valence-corrected chi connectivity index (χ4v) is 3.22. The van der Waals surface area contributed by atoms with Gasteiger partial charge in [-0.25, -0.2) is 0 Å². The van der Waals surface area contributed by atoms with Crippen LogP contribution in [0.1, 0.15) is 25.0 Å². The van der Waals surface area contributed by atoms with E-state index in [1.54, 1.807) is 6.92 Å². The third-order valence-corrected chi connectivity index (χ3v) is 4.37. The molecule has 94 valence electrons. The van der Waals surface area contributed by atoms with Crippen molar-refractivity contribution in [2.45, 2.75) is 19.4 Å². The number of thioether (sulfide) groups is 1. The van der Waals surface area contributed by atoms with Crippen LogP contribution in [0.5, 0.6) is 0 Å². The maximum atomic E-state index is 9.52. The Hall–Kier alpha value is -0.380. The molecule has 1 saturated heterocycles. The Bertz CT molecular complexity index is 376. The molecule has 1 heterocycles. The lowest BCUT2D eigenvalue weighted by molar-refractivity contribution is 0.199. The minimum Gasteiger partial charge on any atom is -0.389 e. The van der Waals surface area contributed by atoms with Gasteiger partial charge >= 0.3 is 0 Å². The second kappa shape index (κ2) is 5.98. The van der Waals surface area contributed by atoms with Crippen molar-refractivity contribution in [3.8, 4) is 0 Å². The van der Waals surface area contributed by atoms with Gasteiger partial charge in [0.15, 0.2) is 0 Å². The van der Waals surface area contributed by atoms with Gasteiger partial charge in [0.25, 0.3) is 0 Å². The van der Waals surface area contributed by atoms with E-state index >= 15 is 0 Å². The summed E-state index contributed by atoms with van der Waals surface area (Å²) in [6.45, 7) is 3.88. The second-order valence-electron chi connectivity index (χ2n) is 4.34. The summed E-state index contributed by atoms with van der Waals surface area (Å²) in [4.78, 5) is 2.34. The van der Waals surface area contributed by atoms with Gasteiger partial charge in [0.2, 0.25) is 0 Å². The molecule has 0 bridgehead atoms. The first kappa shape index (κ1) is 13.1. The molecule has 1 aliphatic rings. The summed E-state index contributed by atoms with van der Waals surface area (Å²) in [7, 11) is 0. The highest BCUT2D eigenvalue weighted by Crippen LogP contribution is 2.30. The first-order chi connectivity index (χ1) is 8.18. The van der Waals surface area contributed by atoms with Crippen LogP contribution in [-0.4, -0.2) is 29.7 Å². The van der Waals surface area contributed by atoms with E-state index in [0.29, 0.717) is 0 Å². The molecule has 0 spiro atoms. The maximum Gasteiger partial charge on any atom is 0.0762 e. The Kier molecular flexibility index (Phi) is 4.60. The third-order valence-electron chi connectivity index (χ3n) is 3.02. The molecule has 0 aliphatic carbocycles. The topological polar surface area (TPSA) is 23.5 Å². The van der Waals surface area contributed by atoms with E-state index in [1.165, 1.54) is 12.2 Å². The van der Waals surface area contributed by atoms with E-state index < -0.39 is 6.10 Å². The minimum absolute atomic E-state index is 0.457. The Morgan fingerprint density at radius 2 is 2.18 bits per heavy atom. The van der Waals surface area contributed by atoms with Crippen LogP contribution in [0, 0.1) is 0 Å². The van der Waals surface area contributed by atoms with Crippen molar-refractivity contribution >= 4 is 29.1 Å². The monoisotopic (exact) mass is 271 g/mol. The lowest BCUT2D eigenvalue weighted by Gasteiger charge is -2.24. The van der Waals surface area contributed by atoms with Crippen molar-refractivity contribution in [2.24, 2.45) is 0 Å². The van der Waals surface area contributed by atoms with Crippen LogP contribution in [0.2, 0.25) is 5.02 Å². The number of aliphatic hydroxyl groups excluding tert-OH is 1. The van der Waals surface area contributed by atoms with Crippen molar-refractivity contribution < 1.29 is 5.11 Å². The van der Waals surface area contributed by atoms with E-state index in [2.05, 4.69) is 4.90 Å². The average Bonchev–Trinajstić information content (AvgIpc) is 2.57. The number of aliphatic hydroxyl groups is 1. The molecule has 0 aromatic heterocycles. The summed E-state index contributed by atoms with van der Waals surface area (Å²) in [6, 6.07) is 5.86. The molecule has 1 atom stereocenters. The van der Waals surface area contributed by atoms with Crippen LogP contribution >= 0.6 is 23.4 Å². The molecule has 0 radical (unpaired) electrons. The zero-order valence-corrected chi connectivity index (χ0v) is 11.6. The van der Waals surface area contributed by atoms with Crippen LogP contribution in [0.15, 0.2) is 18.2 Å². The smallest absolute Gasteiger partial charge is 0.0762 e. The zero-order chi connectivity index (χ0) is 12.3. The van der Waals surface area contributed by atoms with Crippen LogP contribution < -0.4 is 4.90 Å². The molecule has 0 saturated carbocycles. The van der Waals surface area contributed by atoms with Gasteiger partial charge in [-0.2, -0.15) is 11.8 Å². The predicted octanol–water partition coefficient (Wildman–Crippen LogP) is 3.34. The Morgan fingerprint density at radius 3 is 2.88 bits per heavy atom. The summed E-state index contributed by atoms with van der Waals surface area (Å²) in [5.74, 6) is 2.40. The molecule has 1 N–H and O–H groups in total. The van der Waals surface area contributed by atoms with Gasteiger partial charge in [-0.15, -0.1) is 0 Å². The highest BCUT2D eigenvalue weighted by Gasteiger charge is 2.14. The summed E-state index contributed by atoms with van der Waals surface area (Å²) in [6.07, 6.45) is 0.750. The quantitative estimate of drug-likeness (QED) is 0.893. The van der Waals surface area contributed by atoms with E-state index in [0.717, 1.165) is 35.1 Å². The fraction of sp³-hybridized carbons (Fsp3) is 0.538. The second-order valence-corrected chi connectivity index (χ2v) is 5.97. The van der Waals surface area contributed by atoms with E-state index in [9.17, 15) is 5.11 Å². The minimum atomic E-state index is -0.457. The van der Waals surface area contributed by atoms with Gasteiger partial charge in [0, 0.05) is 18.8 Å². The van der Waals surface area contributed by atoms with E-state index in [4.69, 9.17) is 11.6 Å². The van der Waals surface area contributed by atoms with Gasteiger partial charge in [-0.05, 0) is 36.8 Å². The molecule has 1 aromatic carbocycles. The highest BCUT2D eigenvalue weighted by atomic mass is 35.5. The molecule has 2 rings (SSSR count). The number of rotatable bonds is 2. The summed E-state index contributed by atoms with van der Waals surface area (Å²) >= 11 is 8.30. The zero-order valence-electron chi connectivity index (χ0n) is 10.0. The molecule has 1 aromatic rings. The maximum absolute atomic E-state index is 9.52. The lowest BCUT2D eigenvalue weighted by Crippen LogP contribution is -2.25. The first-order valence-electron chi connectivity index (χ1n) is 5.98. The summed E-state index contributed by atoms with van der Waals surface area (Å²) in [5, 5.41) is 10.3. The van der Waals surface area contributed by atoms with Crippen molar-refractivity contribution in [3.63, 3.8) is 0 Å². The molecule has 1 fully saturated rings. The van der Waals surface area contributed by atoms with E-state index in [-0.39, 0.29) is 0 Å². The van der Waals surface area contributed by atoms with Crippen molar-refractivity contribution in [1.29, 1.82) is 0 Å². The van der Waals surface area contributed by atoms with Gasteiger partial charge in [-0.3, -0.25) is 0 Å². The number of halogens is 1. The van der Waals surface area contributed by atoms with Crippen LogP contribution in [0.3, 0.4) is 0 Å². The molecule has 0 unspecified atom stereocenters. The molecule has 1 aliphatic heterocycles. The number of nitrogens with zero attached hydrogens (tertiary/aromatic N) is 1. The molecule has 4 heteroatoms. The number of hydrogen-bond acceptors (Lipinski definition) is 3. The molecular formula is C13H18ClNOS. The van der Waals surface area contributed by atoms with Gasteiger partial charge in [-0.1, -0.05) is 17.7 Å². The number of hydrogen-bond donors (Lipinski definition) is 1. The van der Waals surface area contributed by atoms with Crippen molar-refractivity contribution in [1.82, 2.24) is 0 Å². The Labute approximate surface area is 112 Å². The number of benzene rings is 1. The van der Waals surface area contributed by atoms with E-state index in [1.807, 2.05) is 30.0 Å². The highest BCUT2D eigenvalue weighted by molar-refractivity contribution is 7.99. The Morgan fingerprint density at radius 1 is 1.35 bits per heavy atom.